The summed E-state index contributed by atoms with van der Waals surface area (Å²) in [4.78, 5) is 2.43. The van der Waals surface area contributed by atoms with Crippen LogP contribution in [-0.4, -0.2) is 45.0 Å². The highest BCUT2D eigenvalue weighted by Crippen LogP contribution is 2.42. The van der Waals surface area contributed by atoms with Crippen LogP contribution in [-0.2, 0) is 6.54 Å². The Bertz CT molecular complexity index is 491. The number of fused-ring (bicyclic) bond motifs is 1. The van der Waals surface area contributed by atoms with Gasteiger partial charge in [0.2, 0.25) is 12.5 Å². The van der Waals surface area contributed by atoms with Crippen molar-refractivity contribution in [3.8, 4) is 17.2 Å². The molecule has 0 bridgehead atoms. The molecule has 5 nitrogen and oxygen atoms in total. The number of methoxy groups -OCH3 is 1. The van der Waals surface area contributed by atoms with Gasteiger partial charge in [-0.2, -0.15) is 0 Å². The van der Waals surface area contributed by atoms with E-state index in [-0.39, 0.29) is 19.2 Å². The summed E-state index contributed by atoms with van der Waals surface area (Å²) in [6, 6.07) is 4.76. The molecule has 2 heterocycles. The molecule has 1 saturated heterocycles. The van der Waals surface area contributed by atoms with Gasteiger partial charge in [0, 0.05) is 12.6 Å². The summed E-state index contributed by atoms with van der Waals surface area (Å²) in [6.07, 6.45) is 3.71. The van der Waals surface area contributed by atoms with Crippen molar-refractivity contribution in [2.24, 2.45) is 0 Å². The van der Waals surface area contributed by atoms with Gasteiger partial charge >= 0.3 is 0 Å². The molecule has 0 amide bonds. The summed E-state index contributed by atoms with van der Waals surface area (Å²) in [6.45, 7) is 3.43. The minimum absolute atomic E-state index is 0. The predicted molar refractivity (Wildman–Crippen MR) is 88.3 cm³/mol. The SMILES string of the molecule is COc1cc(CN(C)C2CCCNCC2)cc2c1OCO2.Cl. The Hall–Kier alpha value is -1.17. The van der Waals surface area contributed by atoms with E-state index >= 15 is 0 Å². The second kappa shape index (κ2) is 7.90. The van der Waals surface area contributed by atoms with E-state index in [0.717, 1.165) is 36.9 Å². The van der Waals surface area contributed by atoms with Crippen LogP contribution in [0.4, 0.5) is 0 Å². The third-order valence-electron chi connectivity index (χ3n) is 4.32. The second-order valence-electron chi connectivity index (χ2n) is 5.78. The van der Waals surface area contributed by atoms with Crippen LogP contribution in [0.5, 0.6) is 17.2 Å². The standard InChI is InChI=1S/C16H24N2O3.ClH/c1-18(13-4-3-6-17-7-5-13)10-12-8-14(19-2)16-15(9-12)20-11-21-16;/h8-9,13,17H,3-7,10-11H2,1-2H3;1H. The Morgan fingerprint density at radius 3 is 2.95 bits per heavy atom. The normalized spacial score (nSPS) is 20.4. The second-order valence-corrected chi connectivity index (χ2v) is 5.78. The molecule has 0 saturated carbocycles. The van der Waals surface area contributed by atoms with E-state index in [9.17, 15) is 0 Å². The minimum Gasteiger partial charge on any atom is -0.493 e. The molecule has 1 unspecified atom stereocenters. The van der Waals surface area contributed by atoms with Gasteiger partial charge in [-0.1, -0.05) is 0 Å². The van der Waals surface area contributed by atoms with Gasteiger partial charge in [0.15, 0.2) is 11.5 Å². The number of ether oxygens (including phenoxy) is 3. The Morgan fingerprint density at radius 1 is 1.27 bits per heavy atom. The van der Waals surface area contributed by atoms with E-state index in [2.05, 4.69) is 29.4 Å². The Labute approximate surface area is 138 Å². The Morgan fingerprint density at radius 2 is 2.14 bits per heavy atom. The molecule has 1 aromatic rings. The number of hydrogen-bond donors (Lipinski definition) is 1. The number of hydrogen-bond acceptors (Lipinski definition) is 5. The Balaban J connectivity index is 0.00000176. The van der Waals surface area contributed by atoms with Gasteiger partial charge in [0.05, 0.1) is 7.11 Å². The van der Waals surface area contributed by atoms with E-state index < -0.39 is 0 Å². The Kier molecular flexibility index (Phi) is 6.17. The number of halogens is 1. The summed E-state index contributed by atoms with van der Waals surface area (Å²) < 4.78 is 16.4. The van der Waals surface area contributed by atoms with Crippen molar-refractivity contribution >= 4 is 12.4 Å². The first kappa shape index (κ1) is 17.2. The maximum absolute atomic E-state index is 5.50. The lowest BCUT2D eigenvalue weighted by molar-refractivity contribution is 0.171. The monoisotopic (exact) mass is 328 g/mol. The first-order chi connectivity index (χ1) is 10.3. The first-order valence-corrected chi connectivity index (χ1v) is 7.65. The van der Waals surface area contributed by atoms with Crippen molar-refractivity contribution in [2.75, 3.05) is 34.0 Å². The fourth-order valence-electron chi connectivity index (χ4n) is 3.13. The predicted octanol–water partition coefficient (Wildman–Crippen LogP) is 2.42. The molecule has 0 spiro atoms. The zero-order valence-corrected chi connectivity index (χ0v) is 14.1. The molecule has 1 N–H and O–H groups in total. The lowest BCUT2D eigenvalue weighted by Crippen LogP contribution is -2.32. The van der Waals surface area contributed by atoms with Crippen LogP contribution in [0.25, 0.3) is 0 Å². The van der Waals surface area contributed by atoms with Gasteiger partial charge in [-0.3, -0.25) is 4.90 Å². The topological polar surface area (TPSA) is 43.0 Å². The van der Waals surface area contributed by atoms with Crippen LogP contribution >= 0.6 is 12.4 Å². The van der Waals surface area contributed by atoms with Crippen molar-refractivity contribution in [3.63, 3.8) is 0 Å². The number of nitrogens with one attached hydrogen (secondary N) is 1. The number of rotatable bonds is 4. The smallest absolute Gasteiger partial charge is 0.231 e. The zero-order chi connectivity index (χ0) is 14.7. The van der Waals surface area contributed by atoms with Crippen LogP contribution in [0.3, 0.4) is 0 Å². The van der Waals surface area contributed by atoms with Crippen molar-refractivity contribution in [1.82, 2.24) is 10.2 Å². The molecule has 1 aromatic carbocycles. The van der Waals surface area contributed by atoms with E-state index in [4.69, 9.17) is 14.2 Å². The maximum Gasteiger partial charge on any atom is 0.231 e. The van der Waals surface area contributed by atoms with Gasteiger partial charge in [-0.15, -0.1) is 12.4 Å². The van der Waals surface area contributed by atoms with Crippen molar-refractivity contribution in [3.05, 3.63) is 17.7 Å². The molecule has 0 radical (unpaired) electrons. The highest BCUT2D eigenvalue weighted by Gasteiger charge is 2.22. The quantitative estimate of drug-likeness (QED) is 0.919. The van der Waals surface area contributed by atoms with Crippen LogP contribution in [0.2, 0.25) is 0 Å². The molecule has 2 aliphatic heterocycles. The lowest BCUT2D eigenvalue weighted by Gasteiger charge is -2.27. The van der Waals surface area contributed by atoms with Gasteiger partial charge in [-0.25, -0.2) is 0 Å². The number of benzene rings is 1. The van der Waals surface area contributed by atoms with E-state index in [0.29, 0.717) is 6.04 Å². The molecule has 2 aliphatic rings. The molecule has 3 rings (SSSR count). The molecule has 22 heavy (non-hydrogen) atoms. The molecule has 1 atom stereocenters. The maximum atomic E-state index is 5.50. The van der Waals surface area contributed by atoms with Crippen molar-refractivity contribution < 1.29 is 14.2 Å². The summed E-state index contributed by atoms with van der Waals surface area (Å²) in [5, 5.41) is 3.46. The van der Waals surface area contributed by atoms with Crippen molar-refractivity contribution in [1.29, 1.82) is 0 Å². The molecule has 6 heteroatoms. The fourth-order valence-corrected chi connectivity index (χ4v) is 3.13. The highest BCUT2D eigenvalue weighted by molar-refractivity contribution is 5.85. The molecule has 0 aromatic heterocycles. The summed E-state index contributed by atoms with van der Waals surface area (Å²) in [7, 11) is 3.87. The summed E-state index contributed by atoms with van der Waals surface area (Å²) in [5.74, 6) is 2.28. The minimum atomic E-state index is 0. The first-order valence-electron chi connectivity index (χ1n) is 7.65. The molecular weight excluding hydrogens is 304 g/mol. The summed E-state index contributed by atoms with van der Waals surface area (Å²) >= 11 is 0. The lowest BCUT2D eigenvalue weighted by atomic mass is 10.1. The van der Waals surface area contributed by atoms with Crippen LogP contribution in [0.15, 0.2) is 12.1 Å². The van der Waals surface area contributed by atoms with Crippen LogP contribution in [0.1, 0.15) is 24.8 Å². The average Bonchev–Trinajstić information content (AvgIpc) is 2.79. The van der Waals surface area contributed by atoms with Gasteiger partial charge in [-0.05, 0) is 57.1 Å². The van der Waals surface area contributed by atoms with Crippen molar-refractivity contribution in [2.45, 2.75) is 31.8 Å². The van der Waals surface area contributed by atoms with Crippen LogP contribution < -0.4 is 19.5 Å². The molecule has 1 fully saturated rings. The highest BCUT2D eigenvalue weighted by atomic mass is 35.5. The largest absolute Gasteiger partial charge is 0.493 e. The number of nitrogens with zero attached hydrogens (tertiary/aromatic N) is 1. The summed E-state index contributed by atoms with van der Waals surface area (Å²) in [5.41, 5.74) is 1.20. The van der Waals surface area contributed by atoms with Gasteiger partial charge in [0.1, 0.15) is 0 Å². The average molecular weight is 329 g/mol. The van der Waals surface area contributed by atoms with Gasteiger partial charge < -0.3 is 19.5 Å². The van der Waals surface area contributed by atoms with Gasteiger partial charge in [0.25, 0.3) is 0 Å². The molecular formula is C16H25ClN2O3. The fraction of sp³-hybridized carbons (Fsp3) is 0.625. The van der Waals surface area contributed by atoms with E-state index in [1.165, 1.54) is 24.8 Å². The third kappa shape index (κ3) is 3.77. The molecule has 0 aliphatic carbocycles. The third-order valence-corrected chi connectivity index (χ3v) is 4.32. The molecule has 124 valence electrons. The van der Waals surface area contributed by atoms with Crippen LogP contribution in [0, 0.1) is 0 Å². The van der Waals surface area contributed by atoms with E-state index in [1.54, 1.807) is 7.11 Å². The van der Waals surface area contributed by atoms with E-state index in [1.807, 2.05) is 0 Å². The zero-order valence-electron chi connectivity index (χ0n) is 13.3.